The molecule has 0 saturated carbocycles. The Morgan fingerprint density at radius 2 is 2.06 bits per heavy atom. The zero-order valence-corrected chi connectivity index (χ0v) is 19.1. The first-order chi connectivity index (χ1) is 16.0. The third-order valence-corrected chi connectivity index (χ3v) is 6.11. The van der Waals surface area contributed by atoms with E-state index in [1.165, 1.54) is 4.90 Å². The molecule has 1 saturated heterocycles. The molecule has 0 bridgehead atoms. The van der Waals surface area contributed by atoms with Crippen LogP contribution in [-0.4, -0.2) is 71.1 Å². The predicted molar refractivity (Wildman–Crippen MR) is 128 cm³/mol. The van der Waals surface area contributed by atoms with Crippen LogP contribution in [0.15, 0.2) is 42.5 Å². The number of benzene rings is 2. The molecular weight excluding hydrogens is 420 g/mol. The molecule has 1 aliphatic heterocycles. The van der Waals surface area contributed by atoms with Crippen molar-refractivity contribution in [2.45, 2.75) is 19.8 Å². The van der Waals surface area contributed by atoms with E-state index in [1.54, 1.807) is 19.2 Å². The fraction of sp³-hybridized carbons (Fsp3) is 0.400. The number of hydrogen-bond donors (Lipinski definition) is 2. The van der Waals surface area contributed by atoms with Gasteiger partial charge >= 0.3 is 6.09 Å². The van der Waals surface area contributed by atoms with Crippen LogP contribution in [0.2, 0.25) is 0 Å². The Morgan fingerprint density at radius 3 is 2.82 bits per heavy atom. The molecule has 1 aliphatic rings. The van der Waals surface area contributed by atoms with Gasteiger partial charge in [0, 0.05) is 38.7 Å². The van der Waals surface area contributed by atoms with Gasteiger partial charge in [-0.15, -0.1) is 0 Å². The third-order valence-electron chi connectivity index (χ3n) is 6.11. The second kappa shape index (κ2) is 10.0. The Hall–Kier alpha value is -3.39. The minimum Gasteiger partial charge on any atom is -0.507 e. The minimum absolute atomic E-state index is 0.141. The van der Waals surface area contributed by atoms with Crippen molar-refractivity contribution in [3.05, 3.63) is 48.0 Å². The van der Waals surface area contributed by atoms with Gasteiger partial charge in [-0.05, 0) is 55.5 Å². The van der Waals surface area contributed by atoms with E-state index in [4.69, 9.17) is 14.7 Å². The standard InChI is InChI=1S/C25H30N4O4/c1-17-9-10-19-21(14-17)26-23(20-7-3-4-8-22(20)30)27-24(19)28-11-5-6-18(15-28)16-29(25(31)32)12-13-33-2/h3-4,7-10,14,18,30H,5-6,11-13,15-16H2,1-2H3,(H,31,32)/t18-/m0/s1. The van der Waals surface area contributed by atoms with E-state index in [0.29, 0.717) is 37.6 Å². The first-order valence-electron chi connectivity index (χ1n) is 11.2. The van der Waals surface area contributed by atoms with E-state index in [-0.39, 0.29) is 11.7 Å². The van der Waals surface area contributed by atoms with Gasteiger partial charge in [0.25, 0.3) is 0 Å². The Labute approximate surface area is 193 Å². The molecule has 2 heterocycles. The van der Waals surface area contributed by atoms with Gasteiger partial charge in [-0.25, -0.2) is 14.8 Å². The van der Waals surface area contributed by atoms with E-state index in [0.717, 1.165) is 41.7 Å². The molecule has 1 fully saturated rings. The number of piperidine rings is 1. The number of phenols is 1. The molecular formula is C25H30N4O4. The molecule has 174 valence electrons. The van der Waals surface area contributed by atoms with E-state index in [2.05, 4.69) is 4.90 Å². The van der Waals surface area contributed by atoms with Crippen molar-refractivity contribution < 1.29 is 19.7 Å². The van der Waals surface area contributed by atoms with Gasteiger partial charge < -0.3 is 24.7 Å². The first kappa shape index (κ1) is 22.8. The van der Waals surface area contributed by atoms with Gasteiger partial charge in [0.05, 0.1) is 17.7 Å². The molecule has 0 unspecified atom stereocenters. The van der Waals surface area contributed by atoms with Gasteiger partial charge in [-0.3, -0.25) is 0 Å². The summed E-state index contributed by atoms with van der Waals surface area (Å²) in [5.41, 5.74) is 2.52. The van der Waals surface area contributed by atoms with Crippen molar-refractivity contribution in [2.24, 2.45) is 5.92 Å². The van der Waals surface area contributed by atoms with Crippen LogP contribution in [-0.2, 0) is 4.74 Å². The van der Waals surface area contributed by atoms with Crippen LogP contribution >= 0.6 is 0 Å². The second-order valence-electron chi connectivity index (χ2n) is 8.58. The van der Waals surface area contributed by atoms with Gasteiger partial charge in [-0.2, -0.15) is 0 Å². The molecule has 1 aromatic heterocycles. The lowest BCUT2D eigenvalue weighted by atomic mass is 9.97. The predicted octanol–water partition coefficient (Wildman–Crippen LogP) is 4.15. The summed E-state index contributed by atoms with van der Waals surface area (Å²) in [7, 11) is 1.58. The summed E-state index contributed by atoms with van der Waals surface area (Å²) in [6.07, 6.45) is 0.988. The van der Waals surface area contributed by atoms with Gasteiger partial charge in [0.15, 0.2) is 5.82 Å². The van der Waals surface area contributed by atoms with Crippen molar-refractivity contribution in [1.82, 2.24) is 14.9 Å². The Bertz CT molecular complexity index is 1140. The molecule has 4 rings (SSSR count). The number of carboxylic acid groups (broad SMARTS) is 1. The highest BCUT2D eigenvalue weighted by molar-refractivity contribution is 5.92. The average molecular weight is 451 g/mol. The van der Waals surface area contributed by atoms with Crippen molar-refractivity contribution in [1.29, 1.82) is 0 Å². The topological polar surface area (TPSA) is 99.0 Å². The maximum atomic E-state index is 11.7. The summed E-state index contributed by atoms with van der Waals surface area (Å²) in [4.78, 5) is 25.0. The molecule has 0 aliphatic carbocycles. The number of anilines is 1. The van der Waals surface area contributed by atoms with E-state index in [1.807, 2.05) is 37.3 Å². The number of para-hydroxylation sites is 1. The van der Waals surface area contributed by atoms with Crippen molar-refractivity contribution in [3.63, 3.8) is 0 Å². The normalized spacial score (nSPS) is 16.2. The smallest absolute Gasteiger partial charge is 0.407 e. The summed E-state index contributed by atoms with van der Waals surface area (Å²) in [5.74, 6) is 1.63. The quantitative estimate of drug-likeness (QED) is 0.558. The number of amides is 1. The van der Waals surface area contributed by atoms with Crippen molar-refractivity contribution in [2.75, 3.05) is 44.8 Å². The number of aromatic hydroxyl groups is 1. The third kappa shape index (κ3) is 5.17. The van der Waals surface area contributed by atoms with E-state index < -0.39 is 6.09 Å². The molecule has 2 N–H and O–H groups in total. The van der Waals surface area contributed by atoms with Crippen molar-refractivity contribution in [3.8, 4) is 17.1 Å². The summed E-state index contributed by atoms with van der Waals surface area (Å²) in [6.45, 7) is 4.76. The van der Waals surface area contributed by atoms with E-state index >= 15 is 0 Å². The molecule has 8 heteroatoms. The number of carbonyl (C=O) groups is 1. The average Bonchev–Trinajstić information content (AvgIpc) is 2.81. The Kier molecular flexibility index (Phi) is 6.93. The highest BCUT2D eigenvalue weighted by Gasteiger charge is 2.26. The van der Waals surface area contributed by atoms with Gasteiger partial charge in [0.2, 0.25) is 0 Å². The number of nitrogens with zero attached hydrogens (tertiary/aromatic N) is 4. The number of rotatable bonds is 7. The number of aromatic nitrogens is 2. The highest BCUT2D eigenvalue weighted by atomic mass is 16.5. The summed E-state index contributed by atoms with van der Waals surface area (Å²) in [5, 5.41) is 20.9. The van der Waals surface area contributed by atoms with E-state index in [9.17, 15) is 15.0 Å². The number of ether oxygens (including phenoxy) is 1. The molecule has 0 spiro atoms. The molecule has 3 aromatic rings. The van der Waals surface area contributed by atoms with Gasteiger partial charge in [0.1, 0.15) is 11.6 Å². The molecule has 0 radical (unpaired) electrons. The highest BCUT2D eigenvalue weighted by Crippen LogP contribution is 2.33. The lowest BCUT2D eigenvalue weighted by molar-refractivity contribution is 0.108. The lowest BCUT2D eigenvalue weighted by Gasteiger charge is -2.36. The number of aryl methyl sites for hydroxylation is 1. The van der Waals surface area contributed by atoms with Gasteiger partial charge in [-0.1, -0.05) is 18.2 Å². The summed E-state index contributed by atoms with van der Waals surface area (Å²) in [6, 6.07) is 13.2. The summed E-state index contributed by atoms with van der Waals surface area (Å²) < 4.78 is 5.07. The summed E-state index contributed by atoms with van der Waals surface area (Å²) >= 11 is 0. The molecule has 1 atom stereocenters. The minimum atomic E-state index is -0.922. The molecule has 1 amide bonds. The zero-order valence-electron chi connectivity index (χ0n) is 19.1. The van der Waals surface area contributed by atoms with Crippen LogP contribution in [0.5, 0.6) is 5.75 Å². The number of methoxy groups -OCH3 is 1. The number of hydrogen-bond acceptors (Lipinski definition) is 6. The largest absolute Gasteiger partial charge is 0.507 e. The maximum absolute atomic E-state index is 11.7. The van der Waals surface area contributed by atoms with Crippen LogP contribution < -0.4 is 4.90 Å². The van der Waals surface area contributed by atoms with Crippen molar-refractivity contribution >= 4 is 22.8 Å². The van der Waals surface area contributed by atoms with Crippen LogP contribution in [0, 0.1) is 12.8 Å². The molecule has 8 nitrogen and oxygen atoms in total. The van der Waals surface area contributed by atoms with Crippen LogP contribution in [0.1, 0.15) is 18.4 Å². The fourth-order valence-corrected chi connectivity index (χ4v) is 4.43. The van der Waals surface area contributed by atoms with Crippen LogP contribution in [0.4, 0.5) is 10.6 Å². The SMILES string of the molecule is COCCN(C[C@H]1CCCN(c2nc(-c3ccccc3O)nc3cc(C)ccc23)C1)C(=O)O. The van der Waals surface area contributed by atoms with Crippen LogP contribution in [0.25, 0.3) is 22.3 Å². The fourth-order valence-electron chi connectivity index (χ4n) is 4.43. The monoisotopic (exact) mass is 450 g/mol. The Balaban J connectivity index is 1.68. The Morgan fingerprint density at radius 1 is 1.24 bits per heavy atom. The molecule has 2 aromatic carbocycles. The lowest BCUT2D eigenvalue weighted by Crippen LogP contribution is -2.44. The molecule has 33 heavy (non-hydrogen) atoms. The second-order valence-corrected chi connectivity index (χ2v) is 8.58. The number of fused-ring (bicyclic) bond motifs is 1. The first-order valence-corrected chi connectivity index (χ1v) is 11.2. The zero-order chi connectivity index (χ0) is 23.4. The maximum Gasteiger partial charge on any atom is 0.407 e. The number of phenolic OH excluding ortho intramolecular Hbond substituents is 1. The van der Waals surface area contributed by atoms with Crippen LogP contribution in [0.3, 0.4) is 0 Å².